The Bertz CT molecular complexity index is 1240. The van der Waals surface area contributed by atoms with Gasteiger partial charge in [-0.15, -0.1) is 0 Å². The lowest BCUT2D eigenvalue weighted by Gasteiger charge is -2.15. The second kappa shape index (κ2) is 9.12. The third-order valence-electron chi connectivity index (χ3n) is 4.95. The van der Waals surface area contributed by atoms with Crippen LogP contribution in [0, 0.1) is 13.8 Å². The van der Waals surface area contributed by atoms with Gasteiger partial charge in [-0.1, -0.05) is 55.8 Å². The monoisotopic (exact) mass is 456 g/mol. The predicted molar refractivity (Wildman–Crippen MR) is 127 cm³/mol. The van der Waals surface area contributed by atoms with Crippen LogP contribution in [0.15, 0.2) is 65.6 Å². The number of sulfonamides is 1. The maximum absolute atomic E-state index is 13.0. The highest BCUT2D eigenvalue weighted by atomic mass is 35.5. The van der Waals surface area contributed by atoms with Crippen molar-refractivity contribution in [2.45, 2.75) is 38.5 Å². The molecule has 0 heterocycles. The van der Waals surface area contributed by atoms with Crippen molar-refractivity contribution < 1.29 is 13.2 Å². The molecule has 0 aliphatic heterocycles. The zero-order chi connectivity index (χ0) is 22.8. The van der Waals surface area contributed by atoms with Crippen LogP contribution in [0.2, 0.25) is 5.02 Å². The van der Waals surface area contributed by atoms with Crippen LogP contribution in [0.3, 0.4) is 0 Å². The quantitative estimate of drug-likeness (QED) is 0.468. The van der Waals surface area contributed by atoms with Crippen molar-refractivity contribution in [3.63, 3.8) is 0 Å². The molecule has 5 nitrogen and oxygen atoms in total. The average molecular weight is 457 g/mol. The number of hydrogen-bond donors (Lipinski definition) is 2. The normalized spacial score (nSPS) is 11.4. The largest absolute Gasteiger partial charge is 0.322 e. The summed E-state index contributed by atoms with van der Waals surface area (Å²) in [6.45, 7) is 7.77. The van der Waals surface area contributed by atoms with E-state index in [0.717, 1.165) is 16.7 Å². The molecule has 7 heteroatoms. The summed E-state index contributed by atoms with van der Waals surface area (Å²) in [6.07, 6.45) is 0. The number of benzene rings is 3. The molecule has 31 heavy (non-hydrogen) atoms. The first-order valence-electron chi connectivity index (χ1n) is 9.88. The summed E-state index contributed by atoms with van der Waals surface area (Å²) < 4.78 is 28.7. The first kappa shape index (κ1) is 22.8. The van der Waals surface area contributed by atoms with E-state index in [2.05, 4.69) is 10.0 Å². The molecular weight excluding hydrogens is 432 g/mol. The van der Waals surface area contributed by atoms with Crippen molar-refractivity contribution in [3.8, 4) is 0 Å². The highest BCUT2D eigenvalue weighted by Crippen LogP contribution is 2.28. The van der Waals surface area contributed by atoms with E-state index >= 15 is 0 Å². The number of aryl methyl sites for hydroxylation is 2. The zero-order valence-electron chi connectivity index (χ0n) is 17.9. The fourth-order valence-corrected chi connectivity index (χ4v) is 4.85. The van der Waals surface area contributed by atoms with Crippen LogP contribution in [0.4, 0.5) is 11.4 Å². The van der Waals surface area contributed by atoms with Crippen molar-refractivity contribution in [1.29, 1.82) is 0 Å². The highest BCUT2D eigenvalue weighted by molar-refractivity contribution is 7.92. The smallest absolute Gasteiger partial charge is 0.263 e. The summed E-state index contributed by atoms with van der Waals surface area (Å²) in [5, 5.41) is 2.91. The van der Waals surface area contributed by atoms with Crippen LogP contribution in [0.5, 0.6) is 0 Å². The van der Waals surface area contributed by atoms with E-state index in [1.165, 1.54) is 18.2 Å². The van der Waals surface area contributed by atoms with Crippen molar-refractivity contribution in [2.24, 2.45) is 0 Å². The van der Waals surface area contributed by atoms with Crippen molar-refractivity contribution in [3.05, 3.63) is 87.9 Å². The van der Waals surface area contributed by atoms with E-state index in [1.807, 2.05) is 64.1 Å². The Morgan fingerprint density at radius 2 is 1.65 bits per heavy atom. The second-order valence-electron chi connectivity index (χ2n) is 7.77. The molecule has 3 rings (SSSR count). The lowest BCUT2D eigenvalue weighted by atomic mass is 10.0. The van der Waals surface area contributed by atoms with E-state index in [-0.39, 0.29) is 21.4 Å². The summed E-state index contributed by atoms with van der Waals surface area (Å²) in [4.78, 5) is 12.7. The molecular formula is C24H25ClN2O3S. The van der Waals surface area contributed by atoms with Gasteiger partial charge in [0, 0.05) is 11.3 Å². The van der Waals surface area contributed by atoms with Crippen molar-refractivity contribution in [1.82, 2.24) is 0 Å². The average Bonchev–Trinajstić information content (AvgIpc) is 2.71. The minimum Gasteiger partial charge on any atom is -0.322 e. The fraction of sp³-hybridized carbons (Fsp3) is 0.208. The zero-order valence-corrected chi connectivity index (χ0v) is 19.4. The molecule has 0 bridgehead atoms. The number of rotatable bonds is 6. The standard InChI is InChI=1S/C24H25ClN2O3S/c1-15(2)19-7-5-6-8-21(19)26-24(28)18-11-12-20(25)23(14-18)31(29,30)27-22-13-16(3)9-10-17(22)4/h5-15,27H,1-4H3,(H,26,28). The number of nitrogens with one attached hydrogen (secondary N) is 2. The summed E-state index contributed by atoms with van der Waals surface area (Å²) in [6, 6.07) is 17.2. The SMILES string of the molecule is Cc1ccc(C)c(NS(=O)(=O)c2cc(C(=O)Nc3ccccc3C(C)C)ccc2Cl)c1. The number of halogens is 1. The topological polar surface area (TPSA) is 75.3 Å². The Morgan fingerprint density at radius 3 is 2.35 bits per heavy atom. The first-order valence-corrected chi connectivity index (χ1v) is 11.7. The number of carbonyl (C=O) groups is 1. The van der Waals surface area contributed by atoms with Gasteiger partial charge < -0.3 is 5.32 Å². The third kappa shape index (κ3) is 5.27. The summed E-state index contributed by atoms with van der Waals surface area (Å²) in [5.41, 5.74) is 4.06. The highest BCUT2D eigenvalue weighted by Gasteiger charge is 2.21. The third-order valence-corrected chi connectivity index (χ3v) is 6.80. The molecule has 0 saturated heterocycles. The molecule has 162 valence electrons. The maximum Gasteiger partial charge on any atom is 0.263 e. The molecule has 0 fully saturated rings. The maximum atomic E-state index is 13.0. The Balaban J connectivity index is 1.93. The van der Waals surface area contributed by atoms with Crippen molar-refractivity contribution >= 4 is 38.9 Å². The molecule has 0 aliphatic rings. The molecule has 0 atom stereocenters. The van der Waals surface area contributed by atoms with Gasteiger partial charge in [-0.25, -0.2) is 8.42 Å². The number of hydrogen-bond acceptors (Lipinski definition) is 3. The molecule has 0 aromatic heterocycles. The molecule has 3 aromatic rings. The molecule has 0 aliphatic carbocycles. The van der Waals surface area contributed by atoms with E-state index in [9.17, 15) is 13.2 Å². The Morgan fingerprint density at radius 1 is 0.935 bits per heavy atom. The molecule has 3 aromatic carbocycles. The number of anilines is 2. The Kier molecular flexibility index (Phi) is 6.72. The van der Waals surface area contributed by atoms with Gasteiger partial charge >= 0.3 is 0 Å². The van der Waals surface area contributed by atoms with E-state index in [0.29, 0.717) is 11.4 Å². The van der Waals surface area contributed by atoms with Gasteiger partial charge in [0.1, 0.15) is 4.90 Å². The fourth-order valence-electron chi connectivity index (χ4n) is 3.20. The predicted octanol–water partition coefficient (Wildman–Crippen LogP) is 6.13. The lowest BCUT2D eigenvalue weighted by molar-refractivity contribution is 0.102. The molecule has 0 spiro atoms. The molecule has 0 unspecified atom stereocenters. The van der Waals surface area contributed by atoms with Gasteiger partial charge in [0.2, 0.25) is 0 Å². The van der Waals surface area contributed by atoms with Crippen LogP contribution in [0.1, 0.15) is 46.8 Å². The summed E-state index contributed by atoms with van der Waals surface area (Å²) in [5.74, 6) is -0.188. The minimum atomic E-state index is -4.00. The second-order valence-corrected chi connectivity index (χ2v) is 9.82. The van der Waals surface area contributed by atoms with E-state index < -0.39 is 15.9 Å². The van der Waals surface area contributed by atoms with E-state index in [4.69, 9.17) is 11.6 Å². The van der Waals surface area contributed by atoms with E-state index in [1.54, 1.807) is 6.07 Å². The molecule has 2 N–H and O–H groups in total. The summed E-state index contributed by atoms with van der Waals surface area (Å²) >= 11 is 6.20. The van der Waals surface area contributed by atoms with Gasteiger partial charge in [-0.3, -0.25) is 9.52 Å². The van der Waals surface area contributed by atoms with Gasteiger partial charge in [0.25, 0.3) is 15.9 Å². The van der Waals surface area contributed by atoms with Crippen LogP contribution in [-0.4, -0.2) is 14.3 Å². The van der Waals surface area contributed by atoms with Crippen LogP contribution in [0.25, 0.3) is 0 Å². The number of amides is 1. The lowest BCUT2D eigenvalue weighted by Crippen LogP contribution is -2.17. The van der Waals surface area contributed by atoms with Gasteiger partial charge in [-0.05, 0) is 66.8 Å². The van der Waals surface area contributed by atoms with Crippen LogP contribution >= 0.6 is 11.6 Å². The number of carbonyl (C=O) groups excluding carboxylic acids is 1. The van der Waals surface area contributed by atoms with Crippen LogP contribution in [-0.2, 0) is 10.0 Å². The molecule has 1 amide bonds. The minimum absolute atomic E-state index is 0.0388. The Hall–Kier alpha value is -2.83. The van der Waals surface area contributed by atoms with Gasteiger partial charge in [0.15, 0.2) is 0 Å². The number of para-hydroxylation sites is 1. The van der Waals surface area contributed by atoms with Crippen molar-refractivity contribution in [2.75, 3.05) is 10.0 Å². The van der Waals surface area contributed by atoms with Gasteiger partial charge in [-0.2, -0.15) is 0 Å². The van der Waals surface area contributed by atoms with Crippen LogP contribution < -0.4 is 10.0 Å². The molecule has 0 saturated carbocycles. The summed E-state index contributed by atoms with van der Waals surface area (Å²) in [7, 11) is -4.00. The molecule has 0 radical (unpaired) electrons. The Labute approximate surface area is 188 Å². The first-order chi connectivity index (χ1) is 14.6. The van der Waals surface area contributed by atoms with Gasteiger partial charge in [0.05, 0.1) is 10.7 Å².